The topological polar surface area (TPSA) is 20.2 Å². The van der Waals surface area contributed by atoms with Gasteiger partial charge < -0.3 is 5.11 Å². The summed E-state index contributed by atoms with van der Waals surface area (Å²) in [6, 6.07) is 36.4. The Morgan fingerprint density at radius 3 is 0.864 bits per heavy atom. The monoisotopic (exact) mass is 588 g/mol. The van der Waals surface area contributed by atoms with Crippen LogP contribution in [0.3, 0.4) is 0 Å². The molecule has 234 valence electrons. The Hall–Kier alpha value is -3.16. The van der Waals surface area contributed by atoms with Gasteiger partial charge in [0.25, 0.3) is 0 Å². The first-order valence-corrected chi connectivity index (χ1v) is 17.7. The molecule has 0 aliphatic rings. The molecule has 0 aliphatic heterocycles. The molecule has 0 saturated heterocycles. The van der Waals surface area contributed by atoms with E-state index < -0.39 is 0 Å². The number of aliphatic hydroxyl groups is 1. The largest absolute Gasteiger partial charge is 0.393 e. The van der Waals surface area contributed by atoms with Crippen molar-refractivity contribution >= 4 is 0 Å². The van der Waals surface area contributed by atoms with Crippen LogP contribution in [0.5, 0.6) is 0 Å². The zero-order chi connectivity index (χ0) is 30.8. The first-order chi connectivity index (χ1) is 21.6. The maximum atomic E-state index is 10.5. The fourth-order valence-electron chi connectivity index (χ4n) is 6.18. The van der Waals surface area contributed by atoms with Gasteiger partial charge >= 0.3 is 0 Å². The Bertz CT molecular complexity index is 1190. The summed E-state index contributed by atoms with van der Waals surface area (Å²) in [5, 5.41) is 10.5. The molecule has 1 N–H and O–H groups in total. The molecule has 1 nitrogen and oxygen atoms in total. The SMILES string of the molecule is CCCCCc1ccc(-c2ccc(CCCCC(O)CCCCc3ccc(-c4ccc(CCCCC)cc4)cc3)cc2)cc1. The zero-order valence-electron chi connectivity index (χ0n) is 27.6. The summed E-state index contributed by atoms with van der Waals surface area (Å²) in [5.74, 6) is 0. The van der Waals surface area contributed by atoms with Crippen molar-refractivity contribution in [3.8, 4) is 22.3 Å². The van der Waals surface area contributed by atoms with E-state index in [1.54, 1.807) is 0 Å². The van der Waals surface area contributed by atoms with E-state index in [9.17, 15) is 5.11 Å². The van der Waals surface area contributed by atoms with Gasteiger partial charge in [0, 0.05) is 0 Å². The van der Waals surface area contributed by atoms with Gasteiger partial charge in [-0.15, -0.1) is 0 Å². The van der Waals surface area contributed by atoms with Crippen LogP contribution in [-0.2, 0) is 25.7 Å². The first-order valence-electron chi connectivity index (χ1n) is 17.7. The fourth-order valence-corrected chi connectivity index (χ4v) is 6.18. The summed E-state index contributed by atoms with van der Waals surface area (Å²) in [7, 11) is 0. The van der Waals surface area contributed by atoms with Crippen molar-refractivity contribution in [3.63, 3.8) is 0 Å². The minimum absolute atomic E-state index is 0.172. The lowest BCUT2D eigenvalue weighted by Gasteiger charge is -2.11. The molecular formula is C43H56O. The molecule has 0 atom stereocenters. The normalized spacial score (nSPS) is 11.4. The maximum absolute atomic E-state index is 10.5. The van der Waals surface area contributed by atoms with Gasteiger partial charge in [-0.3, -0.25) is 0 Å². The van der Waals surface area contributed by atoms with Gasteiger partial charge in [0.05, 0.1) is 6.10 Å². The lowest BCUT2D eigenvalue weighted by Crippen LogP contribution is -2.06. The van der Waals surface area contributed by atoms with Crippen LogP contribution in [0.25, 0.3) is 22.3 Å². The van der Waals surface area contributed by atoms with Crippen LogP contribution < -0.4 is 0 Å². The summed E-state index contributed by atoms with van der Waals surface area (Å²) in [6.07, 6.45) is 18.4. The highest BCUT2D eigenvalue weighted by molar-refractivity contribution is 5.64. The number of aryl methyl sites for hydroxylation is 4. The highest BCUT2D eigenvalue weighted by atomic mass is 16.3. The number of unbranched alkanes of at least 4 members (excludes halogenated alkanes) is 6. The van der Waals surface area contributed by atoms with Crippen molar-refractivity contribution < 1.29 is 5.11 Å². The van der Waals surface area contributed by atoms with E-state index in [4.69, 9.17) is 0 Å². The van der Waals surface area contributed by atoms with Crippen LogP contribution in [0.4, 0.5) is 0 Å². The van der Waals surface area contributed by atoms with Gasteiger partial charge in [0.2, 0.25) is 0 Å². The Kier molecular flexibility index (Phi) is 14.8. The Balaban J connectivity index is 1.07. The Morgan fingerprint density at radius 1 is 0.364 bits per heavy atom. The molecule has 4 aromatic rings. The third-order valence-corrected chi connectivity index (χ3v) is 9.13. The van der Waals surface area contributed by atoms with Crippen molar-refractivity contribution in [1.82, 2.24) is 0 Å². The van der Waals surface area contributed by atoms with E-state index >= 15 is 0 Å². The average Bonchev–Trinajstić information content (AvgIpc) is 3.07. The number of aliphatic hydroxyl groups excluding tert-OH is 1. The predicted molar refractivity (Wildman–Crippen MR) is 191 cm³/mol. The lowest BCUT2D eigenvalue weighted by molar-refractivity contribution is 0.148. The van der Waals surface area contributed by atoms with Crippen LogP contribution in [0.1, 0.15) is 113 Å². The minimum atomic E-state index is -0.172. The minimum Gasteiger partial charge on any atom is -0.393 e. The van der Waals surface area contributed by atoms with Gasteiger partial charge in [0.15, 0.2) is 0 Å². The molecule has 0 aliphatic carbocycles. The molecule has 0 aromatic heterocycles. The predicted octanol–water partition coefficient (Wildman–Crippen LogP) is 12.0. The highest BCUT2D eigenvalue weighted by Gasteiger charge is 2.06. The van der Waals surface area contributed by atoms with E-state index in [0.717, 1.165) is 51.4 Å². The molecule has 44 heavy (non-hydrogen) atoms. The van der Waals surface area contributed by atoms with Crippen molar-refractivity contribution in [3.05, 3.63) is 119 Å². The van der Waals surface area contributed by atoms with Gasteiger partial charge in [-0.2, -0.15) is 0 Å². The smallest absolute Gasteiger partial charge is 0.0540 e. The standard InChI is InChI=1S/C43H56O/c1-3-5-7-13-35-19-27-39(28-20-35)41-31-23-37(24-32-41)15-9-11-17-43(44)18-12-10-16-38-25-33-42(34-26-38)40-29-21-36(22-30-40)14-8-6-4-2/h19-34,43-44H,3-18H2,1-2H3. The molecular weight excluding hydrogens is 532 g/mol. The second kappa shape index (κ2) is 19.3. The van der Waals surface area contributed by atoms with Gasteiger partial charge in [-0.05, 0) is 109 Å². The highest BCUT2D eigenvalue weighted by Crippen LogP contribution is 2.24. The molecule has 0 radical (unpaired) electrons. The molecule has 0 fully saturated rings. The van der Waals surface area contributed by atoms with E-state index in [1.807, 2.05) is 0 Å². The first kappa shape index (κ1) is 33.7. The average molecular weight is 589 g/mol. The van der Waals surface area contributed by atoms with Crippen LogP contribution in [0.2, 0.25) is 0 Å². The van der Waals surface area contributed by atoms with Crippen molar-refractivity contribution in [1.29, 1.82) is 0 Å². The van der Waals surface area contributed by atoms with Crippen LogP contribution in [0, 0.1) is 0 Å². The maximum Gasteiger partial charge on any atom is 0.0540 e. The van der Waals surface area contributed by atoms with Crippen molar-refractivity contribution in [2.24, 2.45) is 0 Å². The third kappa shape index (κ3) is 11.7. The summed E-state index contributed by atoms with van der Waals surface area (Å²) >= 11 is 0. The van der Waals surface area contributed by atoms with Gasteiger partial charge in [-0.1, -0.05) is 149 Å². The third-order valence-electron chi connectivity index (χ3n) is 9.13. The van der Waals surface area contributed by atoms with E-state index in [2.05, 4.69) is 111 Å². The van der Waals surface area contributed by atoms with E-state index in [1.165, 1.54) is 95.9 Å². The molecule has 0 unspecified atom stereocenters. The van der Waals surface area contributed by atoms with E-state index in [0.29, 0.717) is 0 Å². The summed E-state index contributed by atoms with van der Waals surface area (Å²) in [6.45, 7) is 4.52. The number of hydrogen-bond donors (Lipinski definition) is 1. The fraction of sp³-hybridized carbons (Fsp3) is 0.442. The molecule has 4 rings (SSSR count). The second-order valence-electron chi connectivity index (χ2n) is 12.8. The van der Waals surface area contributed by atoms with Crippen LogP contribution in [0.15, 0.2) is 97.1 Å². The molecule has 4 aromatic carbocycles. The van der Waals surface area contributed by atoms with Gasteiger partial charge in [0.1, 0.15) is 0 Å². The number of rotatable bonds is 20. The summed E-state index contributed by atoms with van der Waals surface area (Å²) in [5.41, 5.74) is 10.9. The van der Waals surface area contributed by atoms with Crippen molar-refractivity contribution in [2.75, 3.05) is 0 Å². The van der Waals surface area contributed by atoms with Crippen molar-refractivity contribution in [2.45, 2.75) is 123 Å². The van der Waals surface area contributed by atoms with Crippen LogP contribution in [-0.4, -0.2) is 11.2 Å². The quantitative estimate of drug-likeness (QED) is 0.102. The van der Waals surface area contributed by atoms with E-state index in [-0.39, 0.29) is 6.10 Å². The molecule has 0 bridgehead atoms. The zero-order valence-corrected chi connectivity index (χ0v) is 27.6. The molecule has 0 spiro atoms. The second-order valence-corrected chi connectivity index (χ2v) is 12.8. The molecule has 0 amide bonds. The molecule has 1 heteroatoms. The van der Waals surface area contributed by atoms with Crippen LogP contribution >= 0.6 is 0 Å². The number of hydrogen-bond acceptors (Lipinski definition) is 1. The Morgan fingerprint density at radius 2 is 0.614 bits per heavy atom. The van der Waals surface area contributed by atoms with Gasteiger partial charge in [-0.25, -0.2) is 0 Å². The summed E-state index contributed by atoms with van der Waals surface area (Å²) < 4.78 is 0. The number of benzene rings is 4. The molecule has 0 heterocycles. The lowest BCUT2D eigenvalue weighted by atomic mass is 9.98. The summed E-state index contributed by atoms with van der Waals surface area (Å²) in [4.78, 5) is 0. The Labute approximate surface area is 268 Å². The molecule has 0 saturated carbocycles.